The first-order valence-corrected chi connectivity index (χ1v) is 30.9. The average Bonchev–Trinajstić information content (AvgIpc) is 1.74. The van der Waals surface area contributed by atoms with E-state index in [1.165, 1.54) is 162 Å². The Balaban J connectivity index is 1.02. The van der Waals surface area contributed by atoms with E-state index in [0.717, 1.165) is 0 Å². The van der Waals surface area contributed by atoms with Crippen molar-refractivity contribution in [3.05, 3.63) is 238 Å². The molecule has 0 spiro atoms. The fourth-order valence-corrected chi connectivity index (χ4v) is 15.5. The molecule has 0 saturated carbocycles. The highest BCUT2D eigenvalue weighted by atomic mass is 15.3. The van der Waals surface area contributed by atoms with E-state index < -0.39 is 0 Å². The van der Waals surface area contributed by atoms with Crippen molar-refractivity contribution in [3.8, 4) is 33.4 Å². The second-order valence-electron chi connectivity index (χ2n) is 28.9. The Morgan fingerprint density at radius 3 is 1.65 bits per heavy atom. The SMILES string of the molecule is Cc1cc2c3c(c1)N(c1c(C)cc(-c4ccc5c(c4)C(C)(C)c4ccccc4-5)cc1C)c1cc4c(cc1B3c1ccc(C(C)(C)C)cc1N2c1ccc(C(C)(C)C)cc1)N(c1ccccc1)B1c2c(C)cc(C(C)(C)C)cc2-c2ccccc2N14. The summed E-state index contributed by atoms with van der Waals surface area (Å²) >= 11 is 0. The molecule has 10 aromatic carbocycles. The van der Waals surface area contributed by atoms with E-state index in [2.05, 4.69) is 311 Å². The summed E-state index contributed by atoms with van der Waals surface area (Å²) in [6.07, 6.45) is 0. The summed E-state index contributed by atoms with van der Waals surface area (Å²) in [4.78, 5) is 10.6. The monoisotopic (exact) mass is 1100 g/mol. The van der Waals surface area contributed by atoms with Crippen LogP contribution in [0.5, 0.6) is 0 Å². The summed E-state index contributed by atoms with van der Waals surface area (Å²) in [5.41, 5.74) is 36.9. The minimum absolute atomic E-state index is 0.0178. The van der Waals surface area contributed by atoms with E-state index in [0.29, 0.717) is 0 Å². The van der Waals surface area contributed by atoms with Gasteiger partial charge < -0.3 is 19.4 Å². The summed E-state index contributed by atoms with van der Waals surface area (Å²) in [5.74, 6) is 0. The zero-order chi connectivity index (χ0) is 59.1. The van der Waals surface area contributed by atoms with Gasteiger partial charge in [0.05, 0.1) is 17.1 Å². The molecule has 4 nitrogen and oxygen atoms in total. The molecule has 10 aromatic rings. The van der Waals surface area contributed by atoms with Gasteiger partial charge in [0.2, 0.25) is 0 Å². The van der Waals surface area contributed by atoms with E-state index in [1.807, 2.05) is 0 Å². The van der Waals surface area contributed by atoms with Crippen LogP contribution in [0, 0.1) is 27.7 Å². The second-order valence-corrected chi connectivity index (χ2v) is 28.9. The van der Waals surface area contributed by atoms with Gasteiger partial charge in [0.15, 0.2) is 0 Å². The molecule has 0 saturated heterocycles. The summed E-state index contributed by atoms with van der Waals surface area (Å²) in [5, 5.41) is 0. The molecule has 0 radical (unpaired) electrons. The lowest BCUT2D eigenvalue weighted by Crippen LogP contribution is -2.61. The van der Waals surface area contributed by atoms with Crippen LogP contribution in [0.4, 0.5) is 56.9 Å². The summed E-state index contributed by atoms with van der Waals surface area (Å²) in [6.45, 7) is 34.9. The van der Waals surface area contributed by atoms with Crippen molar-refractivity contribution in [2.24, 2.45) is 0 Å². The molecule has 6 heteroatoms. The van der Waals surface area contributed by atoms with Crippen molar-refractivity contribution in [3.63, 3.8) is 0 Å². The van der Waals surface area contributed by atoms with Gasteiger partial charge in [0, 0.05) is 50.8 Å². The molecular formula is C79H76B2N4. The molecule has 0 bridgehead atoms. The number of fused-ring (bicyclic) bond motifs is 15. The van der Waals surface area contributed by atoms with Crippen LogP contribution < -0.4 is 41.3 Å². The van der Waals surface area contributed by atoms with E-state index >= 15 is 0 Å². The molecule has 4 heterocycles. The molecule has 4 aliphatic heterocycles. The highest BCUT2D eigenvalue weighted by Gasteiger charge is 2.52. The van der Waals surface area contributed by atoms with Crippen molar-refractivity contribution in [1.29, 1.82) is 0 Å². The summed E-state index contributed by atoms with van der Waals surface area (Å²) in [7, 11) is 0. The van der Waals surface area contributed by atoms with Crippen molar-refractivity contribution in [2.75, 3.05) is 19.4 Å². The predicted octanol–water partition coefficient (Wildman–Crippen LogP) is 18.5. The molecular weight excluding hydrogens is 1030 g/mol. The van der Waals surface area contributed by atoms with Gasteiger partial charge in [-0.25, -0.2) is 0 Å². The van der Waals surface area contributed by atoms with Gasteiger partial charge in [0.1, 0.15) is 0 Å². The zero-order valence-electron chi connectivity index (χ0n) is 52.3. The number of hydrogen-bond acceptors (Lipinski definition) is 4. The fraction of sp³-hybridized carbons (Fsp3) is 0.241. The lowest BCUT2D eigenvalue weighted by atomic mass is 9.33. The molecule has 5 aliphatic rings. The lowest BCUT2D eigenvalue weighted by Gasteiger charge is -2.45. The molecule has 15 rings (SSSR count). The maximum Gasteiger partial charge on any atom is 0.421 e. The quantitative estimate of drug-likeness (QED) is 0.163. The smallest absolute Gasteiger partial charge is 0.360 e. The van der Waals surface area contributed by atoms with Crippen molar-refractivity contribution < 1.29 is 0 Å². The number of rotatable bonds is 4. The third-order valence-electron chi connectivity index (χ3n) is 19.8. The van der Waals surface area contributed by atoms with Crippen LogP contribution >= 0.6 is 0 Å². The first-order chi connectivity index (χ1) is 40.5. The maximum absolute atomic E-state index is 2.69. The molecule has 0 N–H and O–H groups in total. The Bertz CT molecular complexity index is 4450. The van der Waals surface area contributed by atoms with E-state index in [4.69, 9.17) is 0 Å². The minimum atomic E-state index is -0.138. The van der Waals surface area contributed by atoms with Crippen LogP contribution in [-0.2, 0) is 21.7 Å². The van der Waals surface area contributed by atoms with Gasteiger partial charge in [-0.1, -0.05) is 191 Å². The van der Waals surface area contributed by atoms with Gasteiger partial charge in [-0.15, -0.1) is 0 Å². The predicted molar refractivity (Wildman–Crippen MR) is 366 cm³/mol. The van der Waals surface area contributed by atoms with Gasteiger partial charge in [-0.05, 0) is 217 Å². The average molecular weight is 1100 g/mol. The largest absolute Gasteiger partial charge is 0.421 e. The van der Waals surface area contributed by atoms with Crippen LogP contribution in [0.2, 0.25) is 0 Å². The Kier molecular flexibility index (Phi) is 11.5. The molecule has 0 atom stereocenters. The maximum atomic E-state index is 2.69. The number of hydrogen-bond donors (Lipinski definition) is 0. The number of benzene rings is 10. The Labute approximate surface area is 506 Å². The summed E-state index contributed by atoms with van der Waals surface area (Å²) in [6, 6.07) is 73.5. The van der Waals surface area contributed by atoms with E-state index in [1.54, 1.807) is 0 Å². The Hall–Kier alpha value is -8.47. The zero-order valence-corrected chi connectivity index (χ0v) is 52.3. The Morgan fingerprint density at radius 1 is 0.353 bits per heavy atom. The molecule has 418 valence electrons. The number of nitrogens with zero attached hydrogens (tertiary/aromatic N) is 4. The van der Waals surface area contributed by atoms with Gasteiger partial charge in [0.25, 0.3) is 6.71 Å². The third-order valence-corrected chi connectivity index (χ3v) is 19.8. The molecule has 0 fully saturated rings. The first-order valence-electron chi connectivity index (χ1n) is 30.9. The van der Waals surface area contributed by atoms with Gasteiger partial charge in [-0.2, -0.15) is 0 Å². The van der Waals surface area contributed by atoms with Crippen LogP contribution in [0.3, 0.4) is 0 Å². The lowest BCUT2D eigenvalue weighted by molar-refractivity contribution is 0.590. The second kappa shape index (κ2) is 18.3. The van der Waals surface area contributed by atoms with E-state index in [9.17, 15) is 0 Å². The highest BCUT2D eigenvalue weighted by molar-refractivity contribution is 7.00. The van der Waals surface area contributed by atoms with Gasteiger partial charge >= 0.3 is 6.98 Å². The highest BCUT2D eigenvalue weighted by Crippen LogP contribution is 2.56. The van der Waals surface area contributed by atoms with Crippen molar-refractivity contribution in [1.82, 2.24) is 0 Å². The number of para-hydroxylation sites is 2. The molecule has 0 unspecified atom stereocenters. The van der Waals surface area contributed by atoms with Crippen LogP contribution in [0.25, 0.3) is 33.4 Å². The topological polar surface area (TPSA) is 13.0 Å². The molecule has 0 aromatic heterocycles. The minimum Gasteiger partial charge on any atom is -0.360 e. The third kappa shape index (κ3) is 7.89. The fourth-order valence-electron chi connectivity index (χ4n) is 15.5. The van der Waals surface area contributed by atoms with E-state index in [-0.39, 0.29) is 35.4 Å². The Morgan fingerprint density at radius 2 is 0.953 bits per heavy atom. The molecule has 85 heavy (non-hydrogen) atoms. The molecule has 1 aliphatic carbocycles. The standard InChI is InChI=1S/C79H76B2N4/c1-47-37-71-74-72(38-47)83(75-49(3)39-52(40-50(75)4)51-29-35-59-58-25-19-21-27-62(58)79(14,15)63(59)42-51)68-46-70-69(45-65(68)80(74)64-36-32-54(77(8,9)10)44-67(64)82(71)56-33-30-53(31-34-56)76(5,6)7)84(57-23-17-16-18-24-57)81-73-48(2)41-55(78(11,12)13)43-61(73)60-26-20-22-28-66(60)85(70)81/h16-46H,1-15H3. The van der Waals surface area contributed by atoms with Crippen molar-refractivity contribution >= 4 is 92.4 Å². The summed E-state index contributed by atoms with van der Waals surface area (Å²) < 4.78 is 0. The first kappa shape index (κ1) is 53.3. The van der Waals surface area contributed by atoms with Crippen molar-refractivity contribution in [2.45, 2.75) is 126 Å². The number of anilines is 10. The number of aryl methyl sites for hydroxylation is 4. The normalized spacial score (nSPS) is 15.0. The van der Waals surface area contributed by atoms with Crippen LogP contribution in [0.1, 0.15) is 126 Å². The molecule has 0 amide bonds. The van der Waals surface area contributed by atoms with Crippen LogP contribution in [0.15, 0.2) is 188 Å². The van der Waals surface area contributed by atoms with Gasteiger partial charge in [-0.3, -0.25) is 0 Å². The van der Waals surface area contributed by atoms with Crippen LogP contribution in [-0.4, -0.2) is 13.7 Å².